The van der Waals surface area contributed by atoms with Crippen molar-refractivity contribution in [3.05, 3.63) is 83.9 Å². The van der Waals surface area contributed by atoms with Crippen molar-refractivity contribution in [1.82, 2.24) is 0 Å². The van der Waals surface area contributed by atoms with Gasteiger partial charge in [0.05, 0.1) is 24.2 Å². The first-order valence-electron chi connectivity index (χ1n) is 10.5. The standard InChI is InChI=1S/C25H26N2O4S/c1-19(28)26-16-6-9-21-17-24(14-15-25(21)26)32(29,30)27(18-20-7-4-3-5-8-20)22-10-12-23(31-2)13-11-22/h3-5,7-8,10-15,17H,6,9,16,18H2,1-2H3. The maximum Gasteiger partial charge on any atom is 0.264 e. The number of fused-ring (bicyclic) bond motifs is 1. The third-order valence-corrected chi connectivity index (χ3v) is 7.44. The van der Waals surface area contributed by atoms with Gasteiger partial charge in [-0.05, 0) is 66.4 Å². The first kappa shape index (κ1) is 21.9. The lowest BCUT2D eigenvalue weighted by Crippen LogP contribution is -2.34. The summed E-state index contributed by atoms with van der Waals surface area (Å²) in [5.74, 6) is 0.620. The Hall–Kier alpha value is -3.32. The molecule has 6 nitrogen and oxygen atoms in total. The third kappa shape index (κ3) is 4.34. The van der Waals surface area contributed by atoms with Crippen LogP contribution >= 0.6 is 0 Å². The molecule has 1 amide bonds. The predicted molar refractivity (Wildman–Crippen MR) is 126 cm³/mol. The largest absolute Gasteiger partial charge is 0.497 e. The summed E-state index contributed by atoms with van der Waals surface area (Å²) < 4.78 is 34.3. The first-order valence-corrected chi connectivity index (χ1v) is 12.0. The number of hydrogen-bond donors (Lipinski definition) is 0. The zero-order valence-electron chi connectivity index (χ0n) is 18.2. The fourth-order valence-electron chi connectivity index (χ4n) is 4.00. The van der Waals surface area contributed by atoms with Gasteiger partial charge in [0, 0.05) is 19.2 Å². The monoisotopic (exact) mass is 450 g/mol. The number of carbonyl (C=O) groups excluding carboxylic acids is 1. The molecule has 166 valence electrons. The minimum atomic E-state index is -3.85. The molecule has 0 saturated carbocycles. The molecule has 1 aliphatic heterocycles. The number of ether oxygens (including phenoxy) is 1. The molecule has 1 aliphatic rings. The number of anilines is 2. The summed E-state index contributed by atoms with van der Waals surface area (Å²) in [6.07, 6.45) is 1.55. The molecule has 7 heteroatoms. The van der Waals surface area contributed by atoms with E-state index in [4.69, 9.17) is 4.74 Å². The van der Waals surface area contributed by atoms with E-state index >= 15 is 0 Å². The van der Waals surface area contributed by atoms with Gasteiger partial charge in [0.15, 0.2) is 0 Å². The number of carbonyl (C=O) groups is 1. The van der Waals surface area contributed by atoms with Gasteiger partial charge in [-0.2, -0.15) is 0 Å². The number of sulfonamides is 1. The highest BCUT2D eigenvalue weighted by Gasteiger charge is 2.28. The van der Waals surface area contributed by atoms with E-state index in [2.05, 4.69) is 0 Å². The third-order valence-electron chi connectivity index (χ3n) is 5.67. The molecular formula is C25H26N2O4S. The fourth-order valence-corrected chi connectivity index (χ4v) is 5.51. The zero-order chi connectivity index (χ0) is 22.7. The molecule has 0 N–H and O–H groups in total. The summed E-state index contributed by atoms with van der Waals surface area (Å²) in [6.45, 7) is 2.39. The van der Waals surface area contributed by atoms with Crippen molar-refractivity contribution in [1.29, 1.82) is 0 Å². The summed E-state index contributed by atoms with van der Waals surface area (Å²) in [6, 6.07) is 21.5. The molecule has 0 fully saturated rings. The number of nitrogens with zero attached hydrogens (tertiary/aromatic N) is 2. The Balaban J connectivity index is 1.76. The molecule has 4 rings (SSSR count). The lowest BCUT2D eigenvalue weighted by molar-refractivity contribution is -0.116. The van der Waals surface area contributed by atoms with Gasteiger partial charge < -0.3 is 9.64 Å². The predicted octanol–water partition coefficient (Wildman–Crippen LogP) is 4.39. The summed E-state index contributed by atoms with van der Waals surface area (Å²) in [5.41, 5.74) is 3.11. The van der Waals surface area contributed by atoms with Crippen LogP contribution in [0.4, 0.5) is 11.4 Å². The Morgan fingerprint density at radius 2 is 1.75 bits per heavy atom. The number of methoxy groups -OCH3 is 1. The summed E-state index contributed by atoms with van der Waals surface area (Å²) in [7, 11) is -2.28. The topological polar surface area (TPSA) is 66.9 Å². The van der Waals surface area contributed by atoms with Crippen molar-refractivity contribution in [3.8, 4) is 5.75 Å². The summed E-state index contributed by atoms with van der Waals surface area (Å²) in [4.78, 5) is 13.9. The van der Waals surface area contributed by atoms with E-state index in [0.29, 0.717) is 18.0 Å². The van der Waals surface area contributed by atoms with Gasteiger partial charge in [-0.3, -0.25) is 9.10 Å². The normalized spacial score (nSPS) is 13.4. The molecule has 0 unspecified atom stereocenters. The van der Waals surface area contributed by atoms with Crippen LogP contribution in [0.15, 0.2) is 77.7 Å². The Morgan fingerprint density at radius 1 is 1.03 bits per heavy atom. The Kier molecular flexibility index (Phi) is 6.19. The van der Waals surface area contributed by atoms with E-state index < -0.39 is 10.0 Å². The van der Waals surface area contributed by atoms with Crippen LogP contribution in [-0.4, -0.2) is 28.0 Å². The van der Waals surface area contributed by atoms with Crippen molar-refractivity contribution in [2.24, 2.45) is 0 Å². The van der Waals surface area contributed by atoms with Crippen molar-refractivity contribution in [3.63, 3.8) is 0 Å². The van der Waals surface area contributed by atoms with Crippen LogP contribution in [0.25, 0.3) is 0 Å². The Morgan fingerprint density at radius 3 is 2.41 bits per heavy atom. The van der Waals surface area contributed by atoms with Crippen LogP contribution in [0, 0.1) is 0 Å². The number of benzene rings is 3. The molecule has 0 atom stereocenters. The molecule has 0 spiro atoms. The lowest BCUT2D eigenvalue weighted by atomic mass is 10.0. The molecule has 0 saturated heterocycles. The number of aryl methyl sites for hydroxylation is 1. The molecule has 0 aromatic heterocycles. The highest BCUT2D eigenvalue weighted by molar-refractivity contribution is 7.92. The quantitative estimate of drug-likeness (QED) is 0.559. The smallest absolute Gasteiger partial charge is 0.264 e. The van der Waals surface area contributed by atoms with Gasteiger partial charge in [0.1, 0.15) is 5.75 Å². The number of rotatable bonds is 6. The fraction of sp³-hybridized carbons (Fsp3) is 0.240. The maximum atomic E-state index is 13.8. The van der Waals surface area contributed by atoms with E-state index in [9.17, 15) is 13.2 Å². The minimum Gasteiger partial charge on any atom is -0.497 e. The summed E-state index contributed by atoms with van der Waals surface area (Å²) in [5, 5.41) is 0. The lowest BCUT2D eigenvalue weighted by Gasteiger charge is -2.30. The SMILES string of the molecule is COc1ccc(N(Cc2ccccc2)S(=O)(=O)c2ccc3c(c2)CCCN3C(C)=O)cc1. The van der Waals surface area contributed by atoms with Crippen molar-refractivity contribution in [2.75, 3.05) is 22.9 Å². The van der Waals surface area contributed by atoms with Gasteiger partial charge in [-0.15, -0.1) is 0 Å². The highest BCUT2D eigenvalue weighted by atomic mass is 32.2. The second-order valence-corrected chi connectivity index (χ2v) is 9.62. The first-order chi connectivity index (χ1) is 15.4. The Bertz CT molecular complexity index is 1210. The van der Waals surface area contributed by atoms with Crippen molar-refractivity contribution in [2.45, 2.75) is 31.2 Å². The van der Waals surface area contributed by atoms with Gasteiger partial charge in [-0.1, -0.05) is 30.3 Å². The Labute approximate surface area is 189 Å². The van der Waals surface area contributed by atoms with E-state index in [0.717, 1.165) is 29.7 Å². The van der Waals surface area contributed by atoms with E-state index in [1.807, 2.05) is 30.3 Å². The van der Waals surface area contributed by atoms with Crippen LogP contribution in [0.3, 0.4) is 0 Å². The zero-order valence-corrected chi connectivity index (χ0v) is 19.0. The van der Waals surface area contributed by atoms with Gasteiger partial charge in [0.25, 0.3) is 10.0 Å². The van der Waals surface area contributed by atoms with Gasteiger partial charge >= 0.3 is 0 Å². The molecule has 3 aromatic rings. The van der Waals surface area contributed by atoms with E-state index in [1.165, 1.54) is 11.2 Å². The van der Waals surface area contributed by atoms with Crippen molar-refractivity contribution < 1.29 is 17.9 Å². The van der Waals surface area contributed by atoms with Crippen LogP contribution in [-0.2, 0) is 27.8 Å². The minimum absolute atomic E-state index is 0.0366. The van der Waals surface area contributed by atoms with Crippen LogP contribution < -0.4 is 13.9 Å². The van der Waals surface area contributed by atoms with Crippen LogP contribution in [0.5, 0.6) is 5.75 Å². The second-order valence-electron chi connectivity index (χ2n) is 7.76. The molecule has 32 heavy (non-hydrogen) atoms. The van der Waals surface area contributed by atoms with Crippen molar-refractivity contribution >= 4 is 27.3 Å². The average Bonchev–Trinajstić information content (AvgIpc) is 2.82. The van der Waals surface area contributed by atoms with Gasteiger partial charge in [0.2, 0.25) is 5.91 Å². The molecule has 1 heterocycles. The van der Waals surface area contributed by atoms with E-state index in [1.54, 1.807) is 54.5 Å². The highest BCUT2D eigenvalue weighted by Crippen LogP contribution is 2.33. The molecule has 3 aromatic carbocycles. The number of amides is 1. The number of hydrogen-bond acceptors (Lipinski definition) is 4. The van der Waals surface area contributed by atoms with Gasteiger partial charge in [-0.25, -0.2) is 8.42 Å². The van der Waals surface area contributed by atoms with E-state index in [-0.39, 0.29) is 17.3 Å². The van der Waals surface area contributed by atoms with Crippen LogP contribution in [0.1, 0.15) is 24.5 Å². The molecule has 0 radical (unpaired) electrons. The second kappa shape index (κ2) is 9.04. The van der Waals surface area contributed by atoms with Crippen LogP contribution in [0.2, 0.25) is 0 Å². The molecule has 0 aliphatic carbocycles. The maximum absolute atomic E-state index is 13.8. The molecule has 0 bridgehead atoms. The summed E-state index contributed by atoms with van der Waals surface area (Å²) >= 11 is 0. The molecular weight excluding hydrogens is 424 g/mol. The average molecular weight is 451 g/mol.